The zero-order chi connectivity index (χ0) is 10.9. The molecule has 0 atom stereocenters. The number of rotatable bonds is 4. The predicted octanol–water partition coefficient (Wildman–Crippen LogP) is -0.308. The number of hydrogen-bond acceptors (Lipinski definition) is 4. The zero-order valence-corrected chi connectivity index (χ0v) is 8.14. The summed E-state index contributed by atoms with van der Waals surface area (Å²) in [5.41, 5.74) is 10.0. The first-order valence-electron chi connectivity index (χ1n) is 3.71. The summed E-state index contributed by atoms with van der Waals surface area (Å²) in [6.45, 7) is 4.00. The smallest absolute Gasteiger partial charge is 0.102 e. The van der Waals surface area contributed by atoms with E-state index in [1.807, 2.05) is 0 Å². The molecule has 0 radical (unpaired) electrons. The second-order valence-corrected chi connectivity index (χ2v) is 1.43. The molecule has 0 aromatic rings. The van der Waals surface area contributed by atoms with Crippen LogP contribution in [0.15, 0.2) is 0 Å². The molecule has 76 valence electrons. The Balaban J connectivity index is -0.000000140. The molecular weight excluding hydrogens is 170 g/mol. The molecule has 0 aromatic heterocycles. The van der Waals surface area contributed by atoms with Crippen LogP contribution in [0.1, 0.15) is 0 Å². The van der Waals surface area contributed by atoms with Crippen molar-refractivity contribution in [1.29, 1.82) is 0 Å². The van der Waals surface area contributed by atoms with Gasteiger partial charge in [-0.3, -0.25) is 6.67 Å². The molecule has 0 rings (SSSR count). The standard InChI is InChI=1S/C3H10N4.2CH3BO/c4-1-6-3-7-2-5;2*1-2-3/h1-5H2;2*1H3/q-2;;. The number of nitrogens with zero attached hydrogens (tertiary/aromatic N) is 2. The van der Waals surface area contributed by atoms with Crippen molar-refractivity contribution >= 4 is 14.3 Å². The Morgan fingerprint density at radius 1 is 1.00 bits per heavy atom. The summed E-state index contributed by atoms with van der Waals surface area (Å²) in [5.74, 6) is 0. The maximum atomic E-state index is 8.81. The van der Waals surface area contributed by atoms with Crippen LogP contribution in [-0.2, 0) is 9.41 Å². The van der Waals surface area contributed by atoms with Gasteiger partial charge in [-0.15, -0.1) is 13.3 Å². The van der Waals surface area contributed by atoms with Crippen molar-refractivity contribution in [1.82, 2.24) is 0 Å². The van der Waals surface area contributed by atoms with Crippen LogP contribution in [-0.4, -0.2) is 34.3 Å². The van der Waals surface area contributed by atoms with Gasteiger partial charge in [-0.2, -0.15) is 0 Å². The summed E-state index contributed by atoms with van der Waals surface area (Å²) in [6.07, 6.45) is 0. The second-order valence-electron chi connectivity index (χ2n) is 1.43. The first kappa shape index (κ1) is 18.4. The van der Waals surface area contributed by atoms with Gasteiger partial charge >= 0.3 is 37.4 Å². The van der Waals surface area contributed by atoms with Gasteiger partial charge < -0.3 is 22.1 Å². The molecular formula is C5H16B2N4O2-2. The second kappa shape index (κ2) is 29.9. The molecule has 0 saturated heterocycles. The third-order valence-corrected chi connectivity index (χ3v) is 0.458. The summed E-state index contributed by atoms with van der Waals surface area (Å²) in [7, 11) is 1.50. The Morgan fingerprint density at radius 3 is 1.38 bits per heavy atom. The van der Waals surface area contributed by atoms with E-state index in [0.717, 1.165) is 14.3 Å². The molecule has 0 heterocycles. The van der Waals surface area contributed by atoms with Gasteiger partial charge in [-0.1, -0.05) is 0 Å². The Labute approximate surface area is 80.3 Å². The van der Waals surface area contributed by atoms with Gasteiger partial charge in [0.2, 0.25) is 0 Å². The summed E-state index contributed by atoms with van der Waals surface area (Å²) >= 11 is 0. The molecule has 6 nitrogen and oxygen atoms in total. The maximum Gasteiger partial charge on any atom is -0.102 e. The van der Waals surface area contributed by atoms with Crippen LogP contribution in [0.5, 0.6) is 0 Å². The van der Waals surface area contributed by atoms with Crippen LogP contribution in [0.4, 0.5) is 0 Å². The minimum Gasteiger partial charge on any atom is -0.668 e. The Kier molecular flexibility index (Phi) is 42.3. The molecule has 4 N–H and O–H groups in total. The number of nitrogens with two attached hydrogens (primary N) is 2. The van der Waals surface area contributed by atoms with Gasteiger partial charge in [0.25, 0.3) is 0 Å². The Hall–Kier alpha value is -0.430. The van der Waals surface area contributed by atoms with E-state index in [0.29, 0.717) is 20.0 Å². The molecule has 0 aliphatic heterocycles. The predicted molar refractivity (Wildman–Crippen MR) is 54.3 cm³/mol. The fraction of sp³-hybridized carbons (Fsp3) is 1.00. The maximum absolute atomic E-state index is 8.81. The van der Waals surface area contributed by atoms with Gasteiger partial charge in [-0.25, -0.2) is 0 Å². The van der Waals surface area contributed by atoms with Crippen molar-refractivity contribution in [2.24, 2.45) is 11.5 Å². The molecule has 0 aliphatic rings. The quantitative estimate of drug-likeness (QED) is 0.462. The van der Waals surface area contributed by atoms with E-state index in [2.05, 4.69) is 10.6 Å². The van der Waals surface area contributed by atoms with Gasteiger partial charge in [-0.05, 0) is 0 Å². The molecule has 0 unspecified atom stereocenters. The average Bonchev–Trinajstić information content (AvgIpc) is 2.08. The van der Waals surface area contributed by atoms with Crippen molar-refractivity contribution in [3.63, 3.8) is 0 Å². The van der Waals surface area contributed by atoms with Crippen molar-refractivity contribution in [3.05, 3.63) is 10.6 Å². The normalized spacial score (nSPS) is 6.46. The van der Waals surface area contributed by atoms with Gasteiger partial charge in [0, 0.05) is 0 Å². The van der Waals surface area contributed by atoms with Gasteiger partial charge in [0.1, 0.15) is 0 Å². The first-order valence-corrected chi connectivity index (χ1v) is 3.71. The fourth-order valence-corrected chi connectivity index (χ4v) is 0.186. The minimum atomic E-state index is 0.337. The van der Waals surface area contributed by atoms with Crippen LogP contribution in [0, 0.1) is 0 Å². The topological polar surface area (TPSA) is 114 Å². The monoisotopic (exact) mass is 186 g/mol. The molecule has 0 spiro atoms. The average molecular weight is 186 g/mol. The van der Waals surface area contributed by atoms with E-state index < -0.39 is 0 Å². The summed E-state index contributed by atoms with van der Waals surface area (Å²) in [6, 6.07) is 0. The summed E-state index contributed by atoms with van der Waals surface area (Å²) in [4.78, 5) is 0. The molecule has 0 aromatic carbocycles. The summed E-state index contributed by atoms with van der Waals surface area (Å²) in [5, 5.41) is 7.39. The van der Waals surface area contributed by atoms with Gasteiger partial charge in [0.05, 0.1) is 0 Å². The molecule has 0 saturated carbocycles. The van der Waals surface area contributed by atoms with Gasteiger partial charge in [0.15, 0.2) is 0 Å². The fourth-order valence-electron chi connectivity index (χ4n) is 0.186. The molecule has 13 heavy (non-hydrogen) atoms. The zero-order valence-electron chi connectivity index (χ0n) is 8.14. The van der Waals surface area contributed by atoms with E-state index in [9.17, 15) is 0 Å². The van der Waals surface area contributed by atoms with Crippen LogP contribution < -0.4 is 11.5 Å². The SMILES string of the molecule is CB=O.CB=O.NC[N-]C[N-]CN. The minimum absolute atomic E-state index is 0.337. The van der Waals surface area contributed by atoms with E-state index in [1.54, 1.807) is 0 Å². The van der Waals surface area contributed by atoms with E-state index >= 15 is 0 Å². The van der Waals surface area contributed by atoms with E-state index in [1.165, 1.54) is 13.6 Å². The molecule has 8 heteroatoms. The third-order valence-electron chi connectivity index (χ3n) is 0.458. The molecule has 0 aliphatic carbocycles. The Morgan fingerprint density at radius 2 is 1.23 bits per heavy atom. The van der Waals surface area contributed by atoms with Crippen LogP contribution in [0.2, 0.25) is 13.6 Å². The largest absolute Gasteiger partial charge is 0.668 e. The molecule has 0 bridgehead atoms. The Bertz CT molecular complexity index is 86.6. The van der Waals surface area contributed by atoms with E-state index in [-0.39, 0.29) is 0 Å². The first-order chi connectivity index (χ1) is 6.24. The van der Waals surface area contributed by atoms with Crippen LogP contribution >= 0.6 is 0 Å². The summed E-state index contributed by atoms with van der Waals surface area (Å²) < 4.78 is 17.6. The molecule has 0 fully saturated rings. The number of hydrogen-bond donors (Lipinski definition) is 2. The van der Waals surface area contributed by atoms with Crippen molar-refractivity contribution in [3.8, 4) is 0 Å². The van der Waals surface area contributed by atoms with Crippen LogP contribution in [0.25, 0.3) is 10.6 Å². The van der Waals surface area contributed by atoms with E-state index in [4.69, 9.17) is 20.9 Å². The van der Waals surface area contributed by atoms with Crippen molar-refractivity contribution in [2.45, 2.75) is 13.6 Å². The van der Waals surface area contributed by atoms with Crippen LogP contribution in [0.3, 0.4) is 0 Å². The van der Waals surface area contributed by atoms with Crippen molar-refractivity contribution < 1.29 is 9.41 Å². The molecule has 0 amide bonds. The van der Waals surface area contributed by atoms with Crippen molar-refractivity contribution in [2.75, 3.05) is 20.0 Å². The third kappa shape index (κ3) is 83.1.